The van der Waals surface area contributed by atoms with Crippen LogP contribution in [0.25, 0.3) is 22.3 Å². The lowest BCUT2D eigenvalue weighted by atomic mass is 10.2. The zero-order valence-corrected chi connectivity index (χ0v) is 12.3. The Morgan fingerprint density at radius 3 is 2.29 bits per heavy atom. The zero-order valence-electron chi connectivity index (χ0n) is 11.5. The van der Waals surface area contributed by atoms with Gasteiger partial charge in [-0.15, -0.1) is 0 Å². The minimum Gasteiger partial charge on any atom is -0.497 e. The summed E-state index contributed by atoms with van der Waals surface area (Å²) < 4.78 is 10.5. The van der Waals surface area contributed by atoms with Gasteiger partial charge in [-0.2, -0.15) is 0 Å². The molecule has 0 bridgehead atoms. The largest absolute Gasteiger partial charge is 0.497 e. The van der Waals surface area contributed by atoms with Crippen LogP contribution in [-0.2, 0) is 0 Å². The molecule has 2 aromatic heterocycles. The molecule has 0 aliphatic rings. The number of hydrogen-bond acceptors (Lipinski definition) is 5. The molecule has 0 amide bonds. The van der Waals surface area contributed by atoms with Crippen molar-refractivity contribution in [2.24, 2.45) is 0 Å². The number of hydrogen-bond donors (Lipinski definition) is 0. The van der Waals surface area contributed by atoms with Crippen LogP contribution in [0.4, 0.5) is 0 Å². The van der Waals surface area contributed by atoms with Crippen molar-refractivity contribution in [3.05, 3.63) is 41.8 Å². The summed E-state index contributed by atoms with van der Waals surface area (Å²) in [6, 6.07) is 7.23. The summed E-state index contributed by atoms with van der Waals surface area (Å²) in [5.74, 6) is 1.94. The molecule has 0 N–H and O–H groups in total. The Bertz CT molecular complexity index is 786. The van der Waals surface area contributed by atoms with Gasteiger partial charge in [0.15, 0.2) is 5.82 Å². The summed E-state index contributed by atoms with van der Waals surface area (Å²) in [4.78, 5) is 12.9. The molecule has 6 heteroatoms. The molecule has 106 valence electrons. The van der Waals surface area contributed by atoms with Gasteiger partial charge < -0.3 is 9.47 Å². The zero-order chi connectivity index (χ0) is 14.8. The van der Waals surface area contributed by atoms with Crippen LogP contribution in [-0.4, -0.2) is 29.2 Å². The summed E-state index contributed by atoms with van der Waals surface area (Å²) in [6.07, 6.45) is 3.34. The Balaban J connectivity index is 2.13. The van der Waals surface area contributed by atoms with Crippen LogP contribution in [0.2, 0.25) is 5.15 Å². The standard InChI is InChI=1S/C15H12ClN3O2/c1-20-11-3-9(4-12(6-11)21-2)15-18-7-10-5-14(16)17-8-13(10)19-15/h3-8H,1-2H3. The van der Waals surface area contributed by atoms with E-state index in [1.807, 2.05) is 12.1 Å². The van der Waals surface area contributed by atoms with Gasteiger partial charge in [-0.05, 0) is 18.2 Å². The van der Waals surface area contributed by atoms with Crippen LogP contribution < -0.4 is 9.47 Å². The quantitative estimate of drug-likeness (QED) is 0.694. The minimum atomic E-state index is 0.418. The van der Waals surface area contributed by atoms with E-state index in [1.54, 1.807) is 38.7 Å². The highest BCUT2D eigenvalue weighted by Crippen LogP contribution is 2.28. The Hall–Kier alpha value is -2.40. The Kier molecular flexibility index (Phi) is 3.58. The van der Waals surface area contributed by atoms with Crippen molar-refractivity contribution in [3.63, 3.8) is 0 Å². The monoisotopic (exact) mass is 301 g/mol. The third-order valence-electron chi connectivity index (χ3n) is 3.04. The molecule has 0 saturated carbocycles. The van der Waals surface area contributed by atoms with E-state index in [9.17, 15) is 0 Å². The topological polar surface area (TPSA) is 57.1 Å². The molecule has 1 aromatic carbocycles. The van der Waals surface area contributed by atoms with Gasteiger partial charge in [0, 0.05) is 23.2 Å². The molecule has 0 saturated heterocycles. The highest BCUT2D eigenvalue weighted by molar-refractivity contribution is 6.30. The third-order valence-corrected chi connectivity index (χ3v) is 3.25. The molecule has 0 unspecified atom stereocenters. The second kappa shape index (κ2) is 5.54. The van der Waals surface area contributed by atoms with Gasteiger partial charge in [-0.3, -0.25) is 0 Å². The average molecular weight is 302 g/mol. The van der Waals surface area contributed by atoms with E-state index >= 15 is 0 Å². The maximum Gasteiger partial charge on any atom is 0.160 e. The average Bonchev–Trinajstić information content (AvgIpc) is 2.53. The third kappa shape index (κ3) is 2.73. The molecule has 0 aliphatic heterocycles. The van der Waals surface area contributed by atoms with Gasteiger partial charge in [0.1, 0.15) is 16.7 Å². The van der Waals surface area contributed by atoms with Crippen molar-refractivity contribution in [1.29, 1.82) is 0 Å². The van der Waals surface area contributed by atoms with Crippen molar-refractivity contribution in [2.75, 3.05) is 14.2 Å². The Morgan fingerprint density at radius 1 is 0.905 bits per heavy atom. The highest BCUT2D eigenvalue weighted by Gasteiger charge is 2.08. The van der Waals surface area contributed by atoms with Crippen LogP contribution >= 0.6 is 11.6 Å². The number of pyridine rings is 1. The number of ether oxygens (including phenoxy) is 2. The summed E-state index contributed by atoms with van der Waals surface area (Å²) >= 11 is 5.85. The number of methoxy groups -OCH3 is 2. The van der Waals surface area contributed by atoms with E-state index in [0.717, 1.165) is 16.5 Å². The molecule has 21 heavy (non-hydrogen) atoms. The van der Waals surface area contributed by atoms with E-state index in [1.165, 1.54) is 0 Å². The van der Waals surface area contributed by atoms with Crippen molar-refractivity contribution < 1.29 is 9.47 Å². The van der Waals surface area contributed by atoms with Crippen molar-refractivity contribution in [3.8, 4) is 22.9 Å². The molecular formula is C15H12ClN3O2. The van der Waals surface area contributed by atoms with Gasteiger partial charge in [-0.1, -0.05) is 11.6 Å². The number of halogens is 1. The predicted octanol–water partition coefficient (Wildman–Crippen LogP) is 3.36. The maximum absolute atomic E-state index is 5.85. The normalized spacial score (nSPS) is 10.6. The smallest absolute Gasteiger partial charge is 0.160 e. The van der Waals surface area contributed by atoms with Crippen LogP contribution in [0.3, 0.4) is 0 Å². The Labute approximate surface area is 126 Å². The number of nitrogens with zero attached hydrogens (tertiary/aromatic N) is 3. The lowest BCUT2D eigenvalue weighted by Gasteiger charge is -2.08. The second-order valence-electron chi connectivity index (χ2n) is 4.36. The molecule has 3 aromatic rings. The van der Waals surface area contributed by atoms with Gasteiger partial charge in [0.2, 0.25) is 0 Å². The van der Waals surface area contributed by atoms with Crippen molar-refractivity contribution >= 4 is 22.5 Å². The van der Waals surface area contributed by atoms with Crippen molar-refractivity contribution in [1.82, 2.24) is 15.0 Å². The fraction of sp³-hybridized carbons (Fsp3) is 0.133. The van der Waals surface area contributed by atoms with E-state index in [4.69, 9.17) is 21.1 Å². The number of benzene rings is 1. The fourth-order valence-corrected chi connectivity index (χ4v) is 2.15. The maximum atomic E-state index is 5.85. The first-order valence-electron chi connectivity index (χ1n) is 6.21. The number of fused-ring (bicyclic) bond motifs is 1. The fourth-order valence-electron chi connectivity index (χ4n) is 1.98. The van der Waals surface area contributed by atoms with Crippen LogP contribution in [0.15, 0.2) is 36.7 Å². The molecule has 0 fully saturated rings. The SMILES string of the molecule is COc1cc(OC)cc(-c2ncc3cc(Cl)ncc3n2)c1. The molecule has 0 radical (unpaired) electrons. The van der Waals surface area contributed by atoms with Crippen molar-refractivity contribution in [2.45, 2.75) is 0 Å². The van der Waals surface area contributed by atoms with E-state index in [-0.39, 0.29) is 0 Å². The van der Waals surface area contributed by atoms with Crippen LogP contribution in [0.5, 0.6) is 11.5 Å². The highest BCUT2D eigenvalue weighted by atomic mass is 35.5. The van der Waals surface area contributed by atoms with E-state index < -0.39 is 0 Å². The molecule has 2 heterocycles. The van der Waals surface area contributed by atoms with E-state index in [2.05, 4.69) is 15.0 Å². The molecule has 0 atom stereocenters. The first-order valence-corrected chi connectivity index (χ1v) is 6.59. The minimum absolute atomic E-state index is 0.418. The van der Waals surface area contributed by atoms with Crippen LogP contribution in [0, 0.1) is 0 Å². The van der Waals surface area contributed by atoms with Gasteiger partial charge in [-0.25, -0.2) is 15.0 Å². The Morgan fingerprint density at radius 2 is 1.62 bits per heavy atom. The first kappa shape index (κ1) is 13.6. The van der Waals surface area contributed by atoms with Gasteiger partial charge in [0.05, 0.1) is 25.9 Å². The second-order valence-corrected chi connectivity index (χ2v) is 4.75. The van der Waals surface area contributed by atoms with E-state index in [0.29, 0.717) is 22.5 Å². The molecular weight excluding hydrogens is 290 g/mol. The number of aromatic nitrogens is 3. The van der Waals surface area contributed by atoms with Crippen LogP contribution in [0.1, 0.15) is 0 Å². The lowest BCUT2D eigenvalue weighted by molar-refractivity contribution is 0.394. The number of rotatable bonds is 3. The lowest BCUT2D eigenvalue weighted by Crippen LogP contribution is -1.93. The summed E-state index contributed by atoms with van der Waals surface area (Å²) in [5, 5.41) is 1.26. The molecule has 5 nitrogen and oxygen atoms in total. The molecule has 0 spiro atoms. The molecule has 3 rings (SSSR count). The summed E-state index contributed by atoms with van der Waals surface area (Å²) in [5.41, 5.74) is 1.54. The first-order chi connectivity index (χ1) is 10.2. The summed E-state index contributed by atoms with van der Waals surface area (Å²) in [6.45, 7) is 0. The molecule has 0 aliphatic carbocycles. The summed E-state index contributed by atoms with van der Waals surface area (Å²) in [7, 11) is 3.21. The van der Waals surface area contributed by atoms with Gasteiger partial charge in [0.25, 0.3) is 0 Å². The van der Waals surface area contributed by atoms with Gasteiger partial charge >= 0.3 is 0 Å². The predicted molar refractivity (Wildman–Crippen MR) is 80.9 cm³/mol.